The second-order valence-corrected chi connectivity index (χ2v) is 5.88. The van der Waals surface area contributed by atoms with Gasteiger partial charge in [-0.1, -0.05) is 37.3 Å². The van der Waals surface area contributed by atoms with Gasteiger partial charge in [-0.25, -0.2) is 9.59 Å². The van der Waals surface area contributed by atoms with Crippen LogP contribution in [0.15, 0.2) is 30.3 Å². The summed E-state index contributed by atoms with van der Waals surface area (Å²) >= 11 is 0. The molecule has 1 aromatic rings. The number of benzene rings is 1. The van der Waals surface area contributed by atoms with E-state index in [-0.39, 0.29) is 6.03 Å². The zero-order chi connectivity index (χ0) is 15.9. The smallest absolute Gasteiger partial charge is 0.328 e. The van der Waals surface area contributed by atoms with Crippen LogP contribution in [-0.4, -0.2) is 43.1 Å². The monoisotopic (exact) mass is 304 g/mol. The number of ether oxygens (including phenoxy) is 1. The van der Waals surface area contributed by atoms with Crippen molar-refractivity contribution in [2.24, 2.45) is 5.92 Å². The molecular formula is C17H24N2O3. The lowest BCUT2D eigenvalue weighted by molar-refractivity contribution is -0.142. The number of rotatable bonds is 4. The maximum absolute atomic E-state index is 12.3. The molecule has 0 bridgehead atoms. The minimum Gasteiger partial charge on any atom is -0.467 e. The minimum absolute atomic E-state index is 0.182. The van der Waals surface area contributed by atoms with Crippen LogP contribution in [0.2, 0.25) is 0 Å². The lowest BCUT2D eigenvalue weighted by Crippen LogP contribution is -2.51. The molecule has 22 heavy (non-hydrogen) atoms. The Morgan fingerprint density at radius 2 is 1.91 bits per heavy atom. The Morgan fingerprint density at radius 3 is 2.50 bits per heavy atom. The van der Waals surface area contributed by atoms with Gasteiger partial charge in [-0.2, -0.15) is 0 Å². The van der Waals surface area contributed by atoms with Crippen molar-refractivity contribution < 1.29 is 14.3 Å². The molecule has 1 N–H and O–H groups in total. The molecule has 0 saturated carbocycles. The molecule has 1 aromatic carbocycles. The molecule has 0 spiro atoms. The van der Waals surface area contributed by atoms with Crippen molar-refractivity contribution in [3.63, 3.8) is 0 Å². The van der Waals surface area contributed by atoms with Crippen LogP contribution in [0.3, 0.4) is 0 Å². The summed E-state index contributed by atoms with van der Waals surface area (Å²) in [5.41, 5.74) is 0.991. The lowest BCUT2D eigenvalue weighted by atomic mass is 9.99. The van der Waals surface area contributed by atoms with E-state index in [9.17, 15) is 9.59 Å². The molecule has 1 aliphatic rings. The first-order chi connectivity index (χ1) is 10.6. The molecule has 120 valence electrons. The van der Waals surface area contributed by atoms with Gasteiger partial charge in [0.15, 0.2) is 0 Å². The van der Waals surface area contributed by atoms with Gasteiger partial charge in [0.1, 0.15) is 6.04 Å². The molecule has 1 aliphatic heterocycles. The maximum atomic E-state index is 12.3. The number of methoxy groups -OCH3 is 1. The van der Waals surface area contributed by atoms with Crippen LogP contribution < -0.4 is 5.32 Å². The Labute approximate surface area is 131 Å². The fourth-order valence-electron chi connectivity index (χ4n) is 2.64. The second kappa shape index (κ2) is 7.82. The molecular weight excluding hydrogens is 280 g/mol. The van der Waals surface area contributed by atoms with Gasteiger partial charge in [0.25, 0.3) is 0 Å². The number of carbonyl (C=O) groups excluding carboxylic acids is 2. The van der Waals surface area contributed by atoms with Crippen LogP contribution in [0.5, 0.6) is 0 Å². The highest BCUT2D eigenvalue weighted by Gasteiger charge is 2.26. The highest BCUT2D eigenvalue weighted by molar-refractivity contribution is 5.83. The van der Waals surface area contributed by atoms with Crippen LogP contribution in [0.1, 0.15) is 25.3 Å². The Morgan fingerprint density at radius 1 is 1.27 bits per heavy atom. The number of hydrogen-bond acceptors (Lipinski definition) is 3. The Balaban J connectivity index is 1.97. The number of carbonyl (C=O) groups is 2. The van der Waals surface area contributed by atoms with Gasteiger partial charge >= 0.3 is 12.0 Å². The molecule has 2 amide bonds. The molecule has 1 heterocycles. The van der Waals surface area contributed by atoms with Crippen molar-refractivity contribution >= 4 is 12.0 Å². The van der Waals surface area contributed by atoms with E-state index in [4.69, 9.17) is 4.74 Å². The van der Waals surface area contributed by atoms with Crippen molar-refractivity contribution in [3.05, 3.63) is 35.9 Å². The fraction of sp³-hybridized carbons (Fsp3) is 0.529. The van der Waals surface area contributed by atoms with Gasteiger partial charge in [0, 0.05) is 19.5 Å². The first-order valence-electron chi connectivity index (χ1n) is 7.77. The fourth-order valence-corrected chi connectivity index (χ4v) is 2.64. The number of hydrogen-bond donors (Lipinski definition) is 1. The summed E-state index contributed by atoms with van der Waals surface area (Å²) < 4.78 is 4.82. The van der Waals surface area contributed by atoms with Gasteiger partial charge in [0.05, 0.1) is 7.11 Å². The molecule has 0 aromatic heterocycles. The Hall–Kier alpha value is -2.04. The number of amides is 2. The average Bonchev–Trinajstić information content (AvgIpc) is 2.55. The zero-order valence-electron chi connectivity index (χ0n) is 13.2. The molecule has 0 radical (unpaired) electrons. The number of piperidine rings is 1. The van der Waals surface area contributed by atoms with Crippen molar-refractivity contribution in [3.8, 4) is 0 Å². The van der Waals surface area contributed by atoms with Crippen molar-refractivity contribution in [1.29, 1.82) is 0 Å². The highest BCUT2D eigenvalue weighted by Crippen LogP contribution is 2.16. The summed E-state index contributed by atoms with van der Waals surface area (Å²) in [4.78, 5) is 26.0. The van der Waals surface area contributed by atoms with Crippen LogP contribution >= 0.6 is 0 Å². The second-order valence-electron chi connectivity index (χ2n) is 5.88. The highest BCUT2D eigenvalue weighted by atomic mass is 16.5. The predicted octanol–water partition coefficient (Wildman–Crippen LogP) is 2.21. The molecule has 1 fully saturated rings. The SMILES string of the molecule is COC(=O)C(Cc1ccccc1)NC(=O)N1CCC(C)CC1. The van der Waals surface area contributed by atoms with Crippen molar-refractivity contribution in [2.45, 2.75) is 32.2 Å². The average molecular weight is 304 g/mol. The number of urea groups is 1. The van der Waals surface area contributed by atoms with Crippen LogP contribution in [0.4, 0.5) is 4.79 Å². The van der Waals surface area contributed by atoms with Crippen LogP contribution in [0.25, 0.3) is 0 Å². The van der Waals surface area contributed by atoms with Gasteiger partial charge < -0.3 is 15.0 Å². The van der Waals surface area contributed by atoms with Crippen LogP contribution in [0, 0.1) is 5.92 Å². The molecule has 1 atom stereocenters. The standard InChI is InChI=1S/C17H24N2O3/c1-13-8-10-19(11-9-13)17(21)18-15(16(20)22-2)12-14-6-4-3-5-7-14/h3-7,13,15H,8-12H2,1-2H3,(H,18,21). The normalized spacial score (nSPS) is 16.9. The first-order valence-corrected chi connectivity index (χ1v) is 7.77. The third-order valence-corrected chi connectivity index (χ3v) is 4.14. The predicted molar refractivity (Wildman–Crippen MR) is 84.5 cm³/mol. The first kappa shape index (κ1) is 16.3. The van der Waals surface area contributed by atoms with Gasteiger partial charge in [-0.05, 0) is 24.3 Å². The third-order valence-electron chi connectivity index (χ3n) is 4.14. The van der Waals surface area contributed by atoms with E-state index in [2.05, 4.69) is 12.2 Å². The quantitative estimate of drug-likeness (QED) is 0.868. The van der Waals surface area contributed by atoms with E-state index in [0.717, 1.165) is 31.5 Å². The lowest BCUT2D eigenvalue weighted by Gasteiger charge is -2.31. The van der Waals surface area contributed by atoms with E-state index in [1.54, 1.807) is 4.90 Å². The summed E-state index contributed by atoms with van der Waals surface area (Å²) in [6, 6.07) is 8.78. The number of nitrogens with one attached hydrogen (secondary N) is 1. The molecule has 0 aliphatic carbocycles. The summed E-state index contributed by atoms with van der Waals surface area (Å²) in [7, 11) is 1.34. The number of likely N-dealkylation sites (tertiary alicyclic amines) is 1. The van der Waals surface area contributed by atoms with Gasteiger partial charge in [-0.3, -0.25) is 0 Å². The Kier molecular flexibility index (Phi) is 5.81. The third kappa shape index (κ3) is 4.48. The molecule has 1 saturated heterocycles. The van der Waals surface area contributed by atoms with E-state index < -0.39 is 12.0 Å². The Bertz CT molecular complexity index is 496. The molecule has 5 nitrogen and oxygen atoms in total. The van der Waals surface area contributed by atoms with E-state index in [1.807, 2.05) is 30.3 Å². The van der Waals surface area contributed by atoms with Crippen LogP contribution in [-0.2, 0) is 16.0 Å². The van der Waals surface area contributed by atoms with Crippen molar-refractivity contribution in [2.75, 3.05) is 20.2 Å². The molecule has 5 heteroatoms. The van der Waals surface area contributed by atoms with Gasteiger partial charge in [0.2, 0.25) is 0 Å². The molecule has 1 unspecified atom stereocenters. The maximum Gasteiger partial charge on any atom is 0.328 e. The number of esters is 1. The zero-order valence-corrected chi connectivity index (χ0v) is 13.2. The van der Waals surface area contributed by atoms with E-state index in [0.29, 0.717) is 12.3 Å². The minimum atomic E-state index is -0.653. The summed E-state index contributed by atoms with van der Waals surface area (Å²) in [5, 5.41) is 2.81. The summed E-state index contributed by atoms with van der Waals surface area (Å²) in [6.45, 7) is 3.68. The van der Waals surface area contributed by atoms with Crippen molar-refractivity contribution in [1.82, 2.24) is 10.2 Å². The van der Waals surface area contributed by atoms with E-state index in [1.165, 1.54) is 7.11 Å². The van der Waals surface area contributed by atoms with Gasteiger partial charge in [-0.15, -0.1) is 0 Å². The largest absolute Gasteiger partial charge is 0.467 e. The summed E-state index contributed by atoms with van der Waals surface area (Å²) in [6.07, 6.45) is 2.45. The molecule has 2 rings (SSSR count). The number of nitrogens with zero attached hydrogens (tertiary/aromatic N) is 1. The summed E-state index contributed by atoms with van der Waals surface area (Å²) in [5.74, 6) is 0.243. The topological polar surface area (TPSA) is 58.6 Å². The van der Waals surface area contributed by atoms with E-state index >= 15 is 0 Å².